The number of rotatable bonds is 3. The molecule has 0 spiro atoms. The van der Waals surface area contributed by atoms with Crippen LogP contribution in [0.25, 0.3) is 0 Å². The Balaban J connectivity index is 1.55. The fraction of sp³-hybridized carbons (Fsp3) is 0.895. The van der Waals surface area contributed by atoms with E-state index in [2.05, 4.69) is 19.2 Å². The summed E-state index contributed by atoms with van der Waals surface area (Å²) < 4.78 is 0. The lowest BCUT2D eigenvalue weighted by Gasteiger charge is -2.36. The van der Waals surface area contributed by atoms with E-state index in [0.29, 0.717) is 19.0 Å². The smallest absolute Gasteiger partial charge is 0.225 e. The number of carbonyl (C=O) groups excluding carboxylic acids is 2. The molecule has 3 fully saturated rings. The van der Waals surface area contributed by atoms with E-state index in [9.17, 15) is 9.59 Å². The molecule has 0 radical (unpaired) electrons. The molecule has 1 atom stereocenters. The summed E-state index contributed by atoms with van der Waals surface area (Å²) in [6, 6.07) is 0.377. The van der Waals surface area contributed by atoms with Gasteiger partial charge in [-0.2, -0.15) is 0 Å². The van der Waals surface area contributed by atoms with Crippen LogP contribution in [-0.2, 0) is 9.59 Å². The van der Waals surface area contributed by atoms with Crippen molar-refractivity contribution in [1.29, 1.82) is 0 Å². The number of likely N-dealkylation sites (tertiary alicyclic amines) is 1. The molecule has 1 N–H and O–H groups in total. The summed E-state index contributed by atoms with van der Waals surface area (Å²) in [5, 5.41) is 3.27. The van der Waals surface area contributed by atoms with Crippen molar-refractivity contribution >= 4 is 11.8 Å². The molecule has 1 heterocycles. The summed E-state index contributed by atoms with van der Waals surface area (Å²) in [7, 11) is 0. The largest absolute Gasteiger partial charge is 0.351 e. The van der Waals surface area contributed by atoms with Crippen molar-refractivity contribution in [2.75, 3.05) is 6.54 Å². The molecule has 4 nitrogen and oxygen atoms in total. The molecular weight excluding hydrogens is 288 g/mol. The molecule has 0 bridgehead atoms. The van der Waals surface area contributed by atoms with Crippen LogP contribution in [0.1, 0.15) is 78.1 Å². The number of nitrogens with zero attached hydrogens (tertiary/aromatic N) is 1. The summed E-state index contributed by atoms with van der Waals surface area (Å²) in [4.78, 5) is 27.1. The molecule has 2 saturated carbocycles. The monoisotopic (exact) mass is 320 g/mol. The van der Waals surface area contributed by atoms with Gasteiger partial charge in [0.05, 0.1) is 5.92 Å². The highest BCUT2D eigenvalue weighted by molar-refractivity contribution is 5.89. The van der Waals surface area contributed by atoms with Gasteiger partial charge in [0, 0.05) is 24.5 Å². The Morgan fingerprint density at radius 1 is 1.13 bits per heavy atom. The maximum absolute atomic E-state index is 12.7. The summed E-state index contributed by atoms with van der Waals surface area (Å²) >= 11 is 0. The van der Waals surface area contributed by atoms with Crippen molar-refractivity contribution in [3.8, 4) is 0 Å². The summed E-state index contributed by atoms with van der Waals surface area (Å²) in [5.74, 6) is 0.947. The highest BCUT2D eigenvalue weighted by atomic mass is 16.2. The minimum absolute atomic E-state index is 0.0495. The Kier molecular flexibility index (Phi) is 4.98. The molecule has 2 amide bonds. The lowest BCUT2D eigenvalue weighted by molar-refractivity contribution is -0.131. The number of carbonyl (C=O) groups is 2. The Hall–Kier alpha value is -1.06. The molecule has 23 heavy (non-hydrogen) atoms. The number of nitrogens with one attached hydrogen (secondary N) is 1. The minimum Gasteiger partial charge on any atom is -0.351 e. The predicted molar refractivity (Wildman–Crippen MR) is 90.9 cm³/mol. The Bertz CT molecular complexity index is 448. The number of amides is 2. The van der Waals surface area contributed by atoms with Crippen molar-refractivity contribution in [3.63, 3.8) is 0 Å². The SMILES string of the molecule is CC1CCC(N2C[C@@H](C(=O)NC3(C)CCCCC3)CC2=O)CC1. The van der Waals surface area contributed by atoms with Crippen molar-refractivity contribution in [2.24, 2.45) is 11.8 Å². The van der Waals surface area contributed by atoms with Gasteiger partial charge in [0.25, 0.3) is 0 Å². The van der Waals surface area contributed by atoms with Crippen LogP contribution < -0.4 is 5.32 Å². The average molecular weight is 320 g/mol. The van der Waals surface area contributed by atoms with Crippen LogP contribution in [0.3, 0.4) is 0 Å². The standard InChI is InChI=1S/C19H32N2O2/c1-14-6-8-16(9-7-14)21-13-15(12-17(21)22)18(23)20-19(2)10-4-3-5-11-19/h14-16H,3-13H2,1-2H3,(H,20,23)/t14?,15-,16?/m0/s1. The highest BCUT2D eigenvalue weighted by Crippen LogP contribution is 2.32. The highest BCUT2D eigenvalue weighted by Gasteiger charge is 2.40. The summed E-state index contributed by atoms with van der Waals surface area (Å²) in [5.41, 5.74) is -0.0495. The van der Waals surface area contributed by atoms with Gasteiger partial charge in [-0.15, -0.1) is 0 Å². The van der Waals surface area contributed by atoms with E-state index in [0.717, 1.165) is 31.6 Å². The first kappa shape index (κ1) is 16.8. The van der Waals surface area contributed by atoms with Crippen LogP contribution >= 0.6 is 0 Å². The van der Waals surface area contributed by atoms with Crippen molar-refractivity contribution < 1.29 is 9.59 Å². The van der Waals surface area contributed by atoms with E-state index in [4.69, 9.17) is 0 Å². The minimum atomic E-state index is -0.138. The van der Waals surface area contributed by atoms with Gasteiger partial charge in [-0.05, 0) is 51.4 Å². The van der Waals surface area contributed by atoms with Crippen molar-refractivity contribution in [3.05, 3.63) is 0 Å². The van der Waals surface area contributed by atoms with E-state index in [1.165, 1.54) is 32.1 Å². The van der Waals surface area contributed by atoms with Gasteiger partial charge in [-0.25, -0.2) is 0 Å². The van der Waals surface area contributed by atoms with Crippen LogP contribution in [0, 0.1) is 11.8 Å². The van der Waals surface area contributed by atoms with Crippen LogP contribution in [0.4, 0.5) is 0 Å². The molecule has 3 rings (SSSR count). The third-order valence-electron chi connectivity index (χ3n) is 6.34. The Morgan fingerprint density at radius 3 is 2.43 bits per heavy atom. The van der Waals surface area contributed by atoms with Crippen LogP contribution in [0.5, 0.6) is 0 Å². The molecule has 3 aliphatic rings. The molecule has 4 heteroatoms. The Morgan fingerprint density at radius 2 is 1.78 bits per heavy atom. The van der Waals surface area contributed by atoms with Gasteiger partial charge in [0.2, 0.25) is 11.8 Å². The molecule has 0 unspecified atom stereocenters. The third kappa shape index (κ3) is 3.89. The average Bonchev–Trinajstić information content (AvgIpc) is 2.90. The second-order valence-corrected chi connectivity index (χ2v) is 8.47. The first-order valence-electron chi connectivity index (χ1n) is 9.58. The predicted octanol–water partition coefficient (Wildman–Crippen LogP) is 3.25. The number of hydrogen-bond donors (Lipinski definition) is 1. The third-order valence-corrected chi connectivity index (χ3v) is 6.34. The molecular formula is C19H32N2O2. The quantitative estimate of drug-likeness (QED) is 0.868. The summed E-state index contributed by atoms with van der Waals surface area (Å²) in [6.45, 7) is 5.10. The van der Waals surface area contributed by atoms with Crippen molar-refractivity contribution in [2.45, 2.75) is 89.6 Å². The van der Waals surface area contributed by atoms with E-state index >= 15 is 0 Å². The zero-order valence-electron chi connectivity index (χ0n) is 14.8. The topological polar surface area (TPSA) is 49.4 Å². The second kappa shape index (κ2) is 6.82. The maximum atomic E-state index is 12.7. The van der Waals surface area contributed by atoms with E-state index in [1.807, 2.05) is 4.90 Å². The van der Waals surface area contributed by atoms with E-state index in [1.54, 1.807) is 0 Å². The van der Waals surface area contributed by atoms with Gasteiger partial charge < -0.3 is 10.2 Å². The lowest BCUT2D eigenvalue weighted by Crippen LogP contribution is -2.50. The zero-order valence-corrected chi connectivity index (χ0v) is 14.8. The molecule has 2 aliphatic carbocycles. The fourth-order valence-electron chi connectivity index (χ4n) is 4.67. The molecule has 0 aromatic heterocycles. The van der Waals surface area contributed by atoms with Crippen LogP contribution in [-0.4, -0.2) is 34.8 Å². The molecule has 1 saturated heterocycles. The molecule has 130 valence electrons. The zero-order chi connectivity index (χ0) is 16.4. The van der Waals surface area contributed by atoms with Gasteiger partial charge in [0.1, 0.15) is 0 Å². The van der Waals surface area contributed by atoms with Gasteiger partial charge in [-0.1, -0.05) is 26.2 Å². The van der Waals surface area contributed by atoms with E-state index < -0.39 is 0 Å². The summed E-state index contributed by atoms with van der Waals surface area (Å²) in [6.07, 6.45) is 10.9. The normalized spacial score (nSPS) is 34.4. The lowest BCUT2D eigenvalue weighted by atomic mass is 9.83. The maximum Gasteiger partial charge on any atom is 0.225 e. The molecule has 0 aromatic rings. The molecule has 0 aromatic carbocycles. The van der Waals surface area contributed by atoms with Gasteiger partial charge in [0.15, 0.2) is 0 Å². The second-order valence-electron chi connectivity index (χ2n) is 8.47. The number of hydrogen-bond acceptors (Lipinski definition) is 2. The first-order chi connectivity index (χ1) is 11.0. The van der Waals surface area contributed by atoms with E-state index in [-0.39, 0.29) is 23.3 Å². The van der Waals surface area contributed by atoms with Crippen LogP contribution in [0.2, 0.25) is 0 Å². The Labute approximate surface area is 140 Å². The fourth-order valence-corrected chi connectivity index (χ4v) is 4.67. The van der Waals surface area contributed by atoms with Gasteiger partial charge >= 0.3 is 0 Å². The van der Waals surface area contributed by atoms with Gasteiger partial charge in [-0.3, -0.25) is 9.59 Å². The molecule has 1 aliphatic heterocycles. The van der Waals surface area contributed by atoms with Crippen molar-refractivity contribution in [1.82, 2.24) is 10.2 Å². The van der Waals surface area contributed by atoms with Crippen LogP contribution in [0.15, 0.2) is 0 Å². The first-order valence-corrected chi connectivity index (χ1v) is 9.58.